The number of carbonyl (C=O) groups excluding carboxylic acids is 2. The molecule has 0 spiro atoms. The number of furan rings is 1. The molecule has 1 atom stereocenters. The first-order chi connectivity index (χ1) is 18.3. The fourth-order valence-electron chi connectivity index (χ4n) is 4.77. The van der Waals surface area contributed by atoms with Gasteiger partial charge in [0.2, 0.25) is 11.5 Å². The summed E-state index contributed by atoms with van der Waals surface area (Å²) in [7, 11) is 4.46. The first kappa shape index (κ1) is 27.3. The van der Waals surface area contributed by atoms with E-state index in [1.807, 2.05) is 13.8 Å². The number of aliphatic hydroxyl groups excluding tert-OH is 1. The quantitative estimate of drug-likeness (QED) is 0.337. The Morgan fingerprint density at radius 3 is 2.29 bits per heavy atom. The molecule has 10 heteroatoms. The number of nitrogens with zero attached hydrogens (tertiary/aromatic N) is 2. The summed E-state index contributed by atoms with van der Waals surface area (Å²) in [4.78, 5) is 30.9. The third kappa shape index (κ3) is 4.91. The highest BCUT2D eigenvalue weighted by Crippen LogP contribution is 2.45. The number of fused-ring (bicyclic) bond motifs is 1. The van der Waals surface area contributed by atoms with Gasteiger partial charge in [-0.05, 0) is 55.1 Å². The molecule has 1 aliphatic heterocycles. The van der Waals surface area contributed by atoms with E-state index >= 15 is 0 Å². The number of likely N-dealkylation sites (N-methyl/N-ethyl adjacent to an activating group) is 1. The number of aliphatic hydroxyl groups is 1. The molecule has 0 aliphatic carbocycles. The number of ether oxygens (including phenoxy) is 3. The Labute approximate surface area is 226 Å². The lowest BCUT2D eigenvalue weighted by molar-refractivity contribution is -0.129. The molecule has 0 saturated heterocycles. The van der Waals surface area contributed by atoms with Gasteiger partial charge in [-0.1, -0.05) is 25.4 Å². The van der Waals surface area contributed by atoms with Crippen molar-refractivity contribution in [3.05, 3.63) is 64.1 Å². The molecule has 4 rings (SSSR count). The van der Waals surface area contributed by atoms with Crippen molar-refractivity contribution in [2.75, 3.05) is 47.5 Å². The Hall–Kier alpha value is -3.69. The molecule has 1 amide bonds. The maximum atomic E-state index is 13.8. The fourth-order valence-corrected chi connectivity index (χ4v) is 4.95. The molecule has 0 saturated carbocycles. The van der Waals surface area contributed by atoms with E-state index in [2.05, 4.69) is 4.90 Å². The van der Waals surface area contributed by atoms with Crippen LogP contribution in [0.25, 0.3) is 11.0 Å². The summed E-state index contributed by atoms with van der Waals surface area (Å²) in [5, 5.41) is 12.2. The van der Waals surface area contributed by atoms with E-state index in [-0.39, 0.29) is 17.9 Å². The molecular weight excluding hydrogens is 512 g/mol. The van der Waals surface area contributed by atoms with E-state index < -0.39 is 23.5 Å². The molecule has 2 aromatic carbocycles. The summed E-state index contributed by atoms with van der Waals surface area (Å²) in [6.07, 6.45) is 0. The van der Waals surface area contributed by atoms with E-state index in [1.165, 1.54) is 26.2 Å². The van der Waals surface area contributed by atoms with Gasteiger partial charge in [0.1, 0.15) is 5.58 Å². The zero-order valence-electron chi connectivity index (χ0n) is 22.0. The average Bonchev–Trinajstić information content (AvgIpc) is 3.46. The summed E-state index contributed by atoms with van der Waals surface area (Å²) < 4.78 is 22.3. The van der Waals surface area contributed by atoms with E-state index in [4.69, 9.17) is 30.2 Å². The van der Waals surface area contributed by atoms with Crippen molar-refractivity contribution >= 4 is 34.3 Å². The molecular formula is C28H31ClN2O7. The monoisotopic (exact) mass is 542 g/mol. The zero-order valence-corrected chi connectivity index (χ0v) is 22.8. The largest absolute Gasteiger partial charge is 0.503 e. The normalized spacial score (nSPS) is 15.6. The number of carbonyl (C=O) groups is 2. The molecule has 1 N–H and O–H groups in total. The number of amides is 1. The Balaban J connectivity index is 1.85. The molecule has 3 aromatic rings. The van der Waals surface area contributed by atoms with Gasteiger partial charge in [-0.2, -0.15) is 0 Å². The van der Waals surface area contributed by atoms with Crippen LogP contribution in [0.1, 0.15) is 36.0 Å². The van der Waals surface area contributed by atoms with Gasteiger partial charge in [0, 0.05) is 23.5 Å². The van der Waals surface area contributed by atoms with Crippen molar-refractivity contribution in [2.24, 2.45) is 0 Å². The van der Waals surface area contributed by atoms with Crippen LogP contribution in [0.15, 0.2) is 52.1 Å². The van der Waals surface area contributed by atoms with E-state index in [9.17, 15) is 14.7 Å². The second kappa shape index (κ2) is 11.4. The molecule has 38 heavy (non-hydrogen) atoms. The van der Waals surface area contributed by atoms with Crippen molar-refractivity contribution in [1.82, 2.24) is 9.80 Å². The smallest absolute Gasteiger partial charge is 0.290 e. The third-order valence-electron chi connectivity index (χ3n) is 6.80. The first-order valence-corrected chi connectivity index (χ1v) is 12.7. The molecule has 2 heterocycles. The molecule has 0 bridgehead atoms. The van der Waals surface area contributed by atoms with Crippen molar-refractivity contribution in [3.63, 3.8) is 0 Å². The van der Waals surface area contributed by atoms with Gasteiger partial charge >= 0.3 is 0 Å². The zero-order chi connectivity index (χ0) is 27.6. The van der Waals surface area contributed by atoms with Gasteiger partial charge < -0.3 is 33.5 Å². The van der Waals surface area contributed by atoms with Crippen LogP contribution in [0.2, 0.25) is 5.02 Å². The van der Waals surface area contributed by atoms with Crippen LogP contribution in [0.5, 0.6) is 17.2 Å². The Kier molecular flexibility index (Phi) is 8.18. The van der Waals surface area contributed by atoms with E-state index in [0.717, 1.165) is 13.1 Å². The minimum absolute atomic E-state index is 0.0142. The number of rotatable bonds is 11. The minimum Gasteiger partial charge on any atom is -0.503 e. The molecule has 0 radical (unpaired) electrons. The van der Waals surface area contributed by atoms with Crippen molar-refractivity contribution in [3.8, 4) is 17.2 Å². The molecule has 1 unspecified atom stereocenters. The van der Waals surface area contributed by atoms with Crippen LogP contribution in [0, 0.1) is 0 Å². The van der Waals surface area contributed by atoms with Crippen LogP contribution < -0.4 is 14.2 Å². The Morgan fingerprint density at radius 1 is 1.05 bits per heavy atom. The first-order valence-electron chi connectivity index (χ1n) is 12.3. The maximum absolute atomic E-state index is 13.8. The number of Topliss-reactive ketones (excluding diaryl/α,β-unsaturated/α-hetero) is 1. The Bertz CT molecular complexity index is 1370. The topological polar surface area (TPSA) is 102 Å². The lowest BCUT2D eigenvalue weighted by Gasteiger charge is -2.30. The van der Waals surface area contributed by atoms with Gasteiger partial charge in [0.05, 0.1) is 32.9 Å². The molecule has 9 nitrogen and oxygen atoms in total. The van der Waals surface area contributed by atoms with E-state index in [0.29, 0.717) is 45.3 Å². The third-order valence-corrected chi connectivity index (χ3v) is 7.04. The van der Waals surface area contributed by atoms with Crippen LogP contribution in [-0.2, 0) is 4.79 Å². The predicted molar refractivity (Wildman–Crippen MR) is 144 cm³/mol. The SMILES string of the molecule is CCN(CC)CCN1C(=O)C(O)=C(C(=O)c2cc3cc(Cl)ccc3o2)C1c1cc(OC)c(OC)c(OC)c1. The lowest BCUT2D eigenvalue weighted by Crippen LogP contribution is -2.38. The molecule has 1 aliphatic rings. The highest BCUT2D eigenvalue weighted by molar-refractivity contribution is 6.31. The Morgan fingerprint density at radius 2 is 1.71 bits per heavy atom. The van der Waals surface area contributed by atoms with Crippen LogP contribution >= 0.6 is 11.6 Å². The molecule has 0 fully saturated rings. The summed E-state index contributed by atoms with van der Waals surface area (Å²) in [5.74, 6) is -0.797. The average molecular weight is 543 g/mol. The van der Waals surface area contributed by atoms with Crippen molar-refractivity contribution < 1.29 is 33.3 Å². The molecule has 202 valence electrons. The fraction of sp³-hybridized carbons (Fsp3) is 0.357. The second-order valence-corrected chi connectivity index (χ2v) is 9.21. The van der Waals surface area contributed by atoms with Gasteiger partial charge in [-0.3, -0.25) is 9.59 Å². The summed E-state index contributed by atoms with van der Waals surface area (Å²) in [6.45, 7) is 6.48. The predicted octanol–water partition coefficient (Wildman–Crippen LogP) is 5.03. The summed E-state index contributed by atoms with van der Waals surface area (Å²) in [5.41, 5.74) is 0.887. The van der Waals surface area contributed by atoms with Gasteiger partial charge in [-0.15, -0.1) is 0 Å². The molecule has 1 aromatic heterocycles. The number of benzene rings is 2. The number of ketones is 1. The maximum Gasteiger partial charge on any atom is 0.290 e. The van der Waals surface area contributed by atoms with E-state index in [1.54, 1.807) is 36.4 Å². The van der Waals surface area contributed by atoms with Gasteiger partial charge in [0.25, 0.3) is 5.91 Å². The van der Waals surface area contributed by atoms with Crippen molar-refractivity contribution in [2.45, 2.75) is 19.9 Å². The van der Waals surface area contributed by atoms with Crippen molar-refractivity contribution in [1.29, 1.82) is 0 Å². The minimum atomic E-state index is -0.920. The lowest BCUT2D eigenvalue weighted by atomic mass is 9.94. The number of hydrogen-bond acceptors (Lipinski definition) is 8. The highest BCUT2D eigenvalue weighted by Gasteiger charge is 2.45. The van der Waals surface area contributed by atoms with Crippen LogP contribution in [0.3, 0.4) is 0 Å². The van der Waals surface area contributed by atoms with Gasteiger partial charge in [0.15, 0.2) is 23.0 Å². The summed E-state index contributed by atoms with van der Waals surface area (Å²) >= 11 is 6.10. The van der Waals surface area contributed by atoms with Crippen LogP contribution in [0.4, 0.5) is 0 Å². The summed E-state index contributed by atoms with van der Waals surface area (Å²) in [6, 6.07) is 8.98. The number of hydrogen-bond donors (Lipinski definition) is 1. The van der Waals surface area contributed by atoms with Gasteiger partial charge in [-0.25, -0.2) is 0 Å². The standard InChI is InChI=1S/C28H31ClN2O7/c1-6-30(7-2)10-11-31-24(17-14-21(35-3)27(37-5)22(15-17)36-4)23(26(33)28(31)34)25(32)20-13-16-12-18(29)8-9-19(16)38-20/h8-9,12-15,24,33H,6-7,10-11H2,1-5H3. The number of halogens is 1. The second-order valence-electron chi connectivity index (χ2n) is 8.77. The van der Waals surface area contributed by atoms with Crippen LogP contribution in [-0.4, -0.2) is 74.1 Å². The number of methoxy groups -OCH3 is 3. The highest BCUT2D eigenvalue weighted by atomic mass is 35.5.